The Labute approximate surface area is 160 Å². The predicted octanol–water partition coefficient (Wildman–Crippen LogP) is 3.47. The number of benzene rings is 1. The van der Waals surface area contributed by atoms with Gasteiger partial charge in [-0.05, 0) is 30.7 Å². The number of aromatic nitrogens is 5. The second-order valence-corrected chi connectivity index (χ2v) is 6.58. The van der Waals surface area contributed by atoms with Crippen LogP contribution in [-0.2, 0) is 0 Å². The van der Waals surface area contributed by atoms with Crippen LogP contribution in [0.5, 0.6) is 0 Å². The van der Waals surface area contributed by atoms with Gasteiger partial charge in [0.15, 0.2) is 11.5 Å². The summed E-state index contributed by atoms with van der Waals surface area (Å²) in [6.07, 6.45) is 9.28. The fourth-order valence-corrected chi connectivity index (χ4v) is 3.56. The standard InChI is InChI=1S/C21H15N7/c1-13-9-16(12-27-7-5-24-20(13)27)18-17(15-4-2-3-14(10-15)11-22)26-19(23)21-25-6-8-28(18)21/h2-10,12H,1H3,(H2,23,26). The molecule has 0 saturated heterocycles. The Morgan fingerprint density at radius 3 is 2.71 bits per heavy atom. The molecular weight excluding hydrogens is 350 g/mol. The van der Waals surface area contributed by atoms with Crippen molar-refractivity contribution >= 4 is 17.1 Å². The number of fused-ring (bicyclic) bond motifs is 2. The molecule has 0 aliphatic heterocycles. The zero-order valence-corrected chi connectivity index (χ0v) is 15.0. The number of hydrogen-bond acceptors (Lipinski definition) is 5. The van der Waals surface area contributed by atoms with E-state index in [4.69, 9.17) is 5.73 Å². The van der Waals surface area contributed by atoms with E-state index in [0.717, 1.165) is 28.0 Å². The Hall–Kier alpha value is -4.18. The molecular formula is C21H15N7. The van der Waals surface area contributed by atoms with Gasteiger partial charge < -0.3 is 10.1 Å². The van der Waals surface area contributed by atoms with E-state index in [1.165, 1.54) is 0 Å². The molecule has 0 aliphatic carbocycles. The molecule has 4 heterocycles. The third kappa shape index (κ3) is 2.32. The van der Waals surface area contributed by atoms with E-state index in [2.05, 4.69) is 27.1 Å². The summed E-state index contributed by atoms with van der Waals surface area (Å²) in [5.74, 6) is 0.339. The van der Waals surface area contributed by atoms with Crippen LogP contribution >= 0.6 is 0 Å². The lowest BCUT2D eigenvalue weighted by Gasteiger charge is -2.15. The molecule has 28 heavy (non-hydrogen) atoms. The molecule has 7 heteroatoms. The minimum atomic E-state index is 0.339. The number of anilines is 1. The van der Waals surface area contributed by atoms with Gasteiger partial charge in [0, 0.05) is 42.1 Å². The van der Waals surface area contributed by atoms with E-state index < -0.39 is 0 Å². The van der Waals surface area contributed by atoms with Crippen molar-refractivity contribution in [1.29, 1.82) is 5.26 Å². The number of aryl methyl sites for hydroxylation is 1. The molecule has 0 fully saturated rings. The van der Waals surface area contributed by atoms with Crippen LogP contribution in [0, 0.1) is 18.3 Å². The molecule has 0 radical (unpaired) electrons. The Kier molecular flexibility index (Phi) is 3.39. The average Bonchev–Trinajstić information content (AvgIpc) is 3.37. The lowest BCUT2D eigenvalue weighted by molar-refractivity contribution is 1.12. The monoisotopic (exact) mass is 365 g/mol. The number of nitrogens with two attached hydrogens (primary N) is 1. The Morgan fingerprint density at radius 2 is 1.86 bits per heavy atom. The lowest BCUT2D eigenvalue weighted by atomic mass is 10.0. The van der Waals surface area contributed by atoms with Gasteiger partial charge in [0.25, 0.3) is 0 Å². The van der Waals surface area contributed by atoms with Crippen LogP contribution in [0.2, 0.25) is 0 Å². The SMILES string of the molecule is Cc1cc(-c2c(-c3cccc(C#N)c3)nc(N)c3nccn23)cn2ccnc12. The van der Waals surface area contributed by atoms with E-state index in [1.54, 1.807) is 18.5 Å². The van der Waals surface area contributed by atoms with Crippen molar-refractivity contribution in [2.45, 2.75) is 6.92 Å². The molecule has 0 spiro atoms. The minimum absolute atomic E-state index is 0.339. The van der Waals surface area contributed by atoms with Gasteiger partial charge in [-0.25, -0.2) is 15.0 Å². The summed E-state index contributed by atoms with van der Waals surface area (Å²) in [7, 11) is 0. The molecule has 7 nitrogen and oxygen atoms in total. The summed E-state index contributed by atoms with van der Waals surface area (Å²) >= 11 is 0. The third-order valence-electron chi connectivity index (χ3n) is 4.78. The second-order valence-electron chi connectivity index (χ2n) is 6.58. The van der Waals surface area contributed by atoms with Crippen LogP contribution in [-0.4, -0.2) is 23.8 Å². The molecule has 134 valence electrons. The summed E-state index contributed by atoms with van der Waals surface area (Å²) in [4.78, 5) is 13.4. The highest BCUT2D eigenvalue weighted by atomic mass is 15.1. The lowest BCUT2D eigenvalue weighted by Crippen LogP contribution is -2.04. The fourth-order valence-electron chi connectivity index (χ4n) is 3.56. The van der Waals surface area contributed by atoms with Crippen LogP contribution in [0.3, 0.4) is 0 Å². The zero-order valence-electron chi connectivity index (χ0n) is 15.0. The first-order chi connectivity index (χ1) is 13.7. The molecule has 5 rings (SSSR count). The number of nitrogen functional groups attached to an aromatic ring is 1. The summed E-state index contributed by atoms with van der Waals surface area (Å²) in [5, 5.41) is 9.30. The molecule has 0 bridgehead atoms. The first-order valence-electron chi connectivity index (χ1n) is 8.72. The largest absolute Gasteiger partial charge is 0.381 e. The van der Waals surface area contributed by atoms with E-state index in [9.17, 15) is 5.26 Å². The maximum absolute atomic E-state index is 9.30. The molecule has 2 N–H and O–H groups in total. The second kappa shape index (κ2) is 5.93. The van der Waals surface area contributed by atoms with Gasteiger partial charge in [0.05, 0.1) is 23.0 Å². The molecule has 0 unspecified atom stereocenters. The number of hydrogen-bond donors (Lipinski definition) is 1. The Morgan fingerprint density at radius 1 is 1.04 bits per heavy atom. The van der Waals surface area contributed by atoms with Gasteiger partial charge in [0.1, 0.15) is 5.65 Å². The normalized spacial score (nSPS) is 11.1. The number of imidazole rings is 2. The van der Waals surface area contributed by atoms with Crippen LogP contribution < -0.4 is 5.73 Å². The van der Waals surface area contributed by atoms with Crippen molar-refractivity contribution in [2.75, 3.05) is 5.73 Å². The van der Waals surface area contributed by atoms with Gasteiger partial charge in [-0.1, -0.05) is 12.1 Å². The Bertz CT molecular complexity index is 1400. The highest BCUT2D eigenvalue weighted by molar-refractivity contribution is 5.84. The van der Waals surface area contributed by atoms with Gasteiger partial charge >= 0.3 is 0 Å². The molecule has 1 aromatic carbocycles. The molecule has 0 amide bonds. The highest BCUT2D eigenvalue weighted by Gasteiger charge is 2.18. The topological polar surface area (TPSA) is 97.3 Å². The van der Waals surface area contributed by atoms with Crippen molar-refractivity contribution < 1.29 is 0 Å². The van der Waals surface area contributed by atoms with Gasteiger partial charge in [-0.15, -0.1) is 0 Å². The quantitative estimate of drug-likeness (QED) is 0.516. The van der Waals surface area contributed by atoms with E-state index in [1.807, 2.05) is 52.5 Å². The van der Waals surface area contributed by atoms with Crippen LogP contribution in [0.1, 0.15) is 11.1 Å². The van der Waals surface area contributed by atoms with Crippen molar-refractivity contribution in [1.82, 2.24) is 23.8 Å². The first kappa shape index (κ1) is 16.0. The van der Waals surface area contributed by atoms with Crippen molar-refractivity contribution in [2.24, 2.45) is 0 Å². The number of nitrogens with zero attached hydrogens (tertiary/aromatic N) is 6. The van der Waals surface area contributed by atoms with Crippen LogP contribution in [0.4, 0.5) is 5.82 Å². The summed E-state index contributed by atoms with van der Waals surface area (Å²) < 4.78 is 3.92. The zero-order chi connectivity index (χ0) is 19.3. The summed E-state index contributed by atoms with van der Waals surface area (Å²) in [5.41, 5.74) is 12.6. The van der Waals surface area contributed by atoms with Crippen LogP contribution in [0.25, 0.3) is 33.8 Å². The maximum Gasteiger partial charge on any atom is 0.180 e. The predicted molar refractivity (Wildman–Crippen MR) is 106 cm³/mol. The third-order valence-corrected chi connectivity index (χ3v) is 4.78. The van der Waals surface area contributed by atoms with Gasteiger partial charge in [-0.3, -0.25) is 4.40 Å². The number of pyridine rings is 1. The number of rotatable bonds is 2. The van der Waals surface area contributed by atoms with E-state index >= 15 is 0 Å². The molecule has 0 aliphatic rings. The van der Waals surface area contributed by atoms with Gasteiger partial charge in [-0.2, -0.15) is 5.26 Å². The van der Waals surface area contributed by atoms with E-state index in [0.29, 0.717) is 22.7 Å². The van der Waals surface area contributed by atoms with Crippen molar-refractivity contribution in [3.05, 3.63) is 72.4 Å². The highest BCUT2D eigenvalue weighted by Crippen LogP contribution is 2.34. The van der Waals surface area contributed by atoms with E-state index in [-0.39, 0.29) is 0 Å². The smallest absolute Gasteiger partial charge is 0.180 e. The van der Waals surface area contributed by atoms with Crippen LogP contribution in [0.15, 0.2) is 61.3 Å². The molecule has 0 saturated carbocycles. The molecule has 0 atom stereocenters. The average molecular weight is 365 g/mol. The maximum atomic E-state index is 9.30. The minimum Gasteiger partial charge on any atom is -0.381 e. The van der Waals surface area contributed by atoms with Gasteiger partial charge in [0.2, 0.25) is 0 Å². The summed E-state index contributed by atoms with van der Waals surface area (Å²) in [6.45, 7) is 2.03. The fraction of sp³-hybridized carbons (Fsp3) is 0.0476. The molecule has 4 aromatic heterocycles. The Balaban J connectivity index is 1.89. The first-order valence-corrected chi connectivity index (χ1v) is 8.72. The van der Waals surface area contributed by atoms with Crippen molar-refractivity contribution in [3.63, 3.8) is 0 Å². The van der Waals surface area contributed by atoms with Crippen molar-refractivity contribution in [3.8, 4) is 28.6 Å². The number of nitriles is 1. The molecule has 5 aromatic rings. The summed E-state index contributed by atoms with van der Waals surface area (Å²) in [6, 6.07) is 11.6.